The van der Waals surface area contributed by atoms with Gasteiger partial charge in [0.05, 0.1) is 17.3 Å². The third kappa shape index (κ3) is 4.51. The zero-order valence-corrected chi connectivity index (χ0v) is 12.7. The summed E-state index contributed by atoms with van der Waals surface area (Å²) in [6.07, 6.45) is 0. The van der Waals surface area contributed by atoms with Crippen molar-refractivity contribution in [3.05, 3.63) is 40.3 Å². The van der Waals surface area contributed by atoms with Crippen LogP contribution in [-0.2, 0) is 6.54 Å². The summed E-state index contributed by atoms with van der Waals surface area (Å²) in [5.41, 5.74) is 1.09. The average Bonchev–Trinajstić information content (AvgIpc) is 2.86. The first kappa shape index (κ1) is 14.8. The molecule has 2 rings (SSSR count). The molecule has 20 heavy (non-hydrogen) atoms. The van der Waals surface area contributed by atoms with Crippen LogP contribution < -0.4 is 14.8 Å². The van der Waals surface area contributed by atoms with Gasteiger partial charge in [0.25, 0.3) is 0 Å². The van der Waals surface area contributed by atoms with Gasteiger partial charge < -0.3 is 14.8 Å². The van der Waals surface area contributed by atoms with Crippen molar-refractivity contribution in [3.63, 3.8) is 0 Å². The highest BCUT2D eigenvalue weighted by molar-refractivity contribution is 7.09. The molecule has 108 valence electrons. The number of nitrogens with one attached hydrogen (secondary N) is 1. The van der Waals surface area contributed by atoms with E-state index >= 15 is 0 Å². The number of aryl methyl sites for hydroxylation is 1. The number of ether oxygens (including phenoxy) is 2. The van der Waals surface area contributed by atoms with Crippen LogP contribution in [0.2, 0.25) is 0 Å². The number of hydrogen-bond donors (Lipinski definition) is 1. The van der Waals surface area contributed by atoms with Gasteiger partial charge in [-0.2, -0.15) is 0 Å². The van der Waals surface area contributed by atoms with E-state index in [1.165, 1.54) is 0 Å². The van der Waals surface area contributed by atoms with Crippen molar-refractivity contribution in [2.24, 2.45) is 0 Å². The molecule has 2 aromatic rings. The predicted molar refractivity (Wildman–Crippen MR) is 81.7 cm³/mol. The number of hydrogen-bond acceptors (Lipinski definition) is 5. The van der Waals surface area contributed by atoms with Crippen LogP contribution >= 0.6 is 11.3 Å². The van der Waals surface area contributed by atoms with Gasteiger partial charge in [-0.15, -0.1) is 11.3 Å². The van der Waals surface area contributed by atoms with Crippen molar-refractivity contribution in [1.29, 1.82) is 0 Å². The second kappa shape index (κ2) is 7.87. The Bertz CT molecular complexity index is 528. The standard InChI is InChI=1S/C15H20N2O2S/c1-3-18-14-6-4-5-7-15(14)19-9-8-16-10-13-11-20-12(2)17-13/h4-7,11,16H,3,8-10H2,1-2H3. The van der Waals surface area contributed by atoms with E-state index in [1.54, 1.807) is 11.3 Å². The molecule has 0 aliphatic heterocycles. The lowest BCUT2D eigenvalue weighted by molar-refractivity contribution is 0.275. The molecule has 0 radical (unpaired) electrons. The molecule has 4 nitrogen and oxygen atoms in total. The molecule has 0 bridgehead atoms. The topological polar surface area (TPSA) is 43.4 Å². The summed E-state index contributed by atoms with van der Waals surface area (Å²) in [5.74, 6) is 1.59. The number of rotatable bonds is 8. The van der Waals surface area contributed by atoms with Gasteiger partial charge in [0.2, 0.25) is 0 Å². The molecule has 0 spiro atoms. The first-order valence-corrected chi connectivity index (χ1v) is 7.64. The minimum Gasteiger partial charge on any atom is -0.490 e. The van der Waals surface area contributed by atoms with E-state index < -0.39 is 0 Å². The van der Waals surface area contributed by atoms with Gasteiger partial charge in [-0.3, -0.25) is 0 Å². The Kier molecular flexibility index (Phi) is 5.83. The number of nitrogens with zero attached hydrogens (tertiary/aromatic N) is 1. The summed E-state index contributed by atoms with van der Waals surface area (Å²) in [7, 11) is 0. The van der Waals surface area contributed by atoms with Crippen LogP contribution in [-0.4, -0.2) is 24.7 Å². The van der Waals surface area contributed by atoms with E-state index in [4.69, 9.17) is 9.47 Å². The van der Waals surface area contributed by atoms with Gasteiger partial charge in [-0.05, 0) is 26.0 Å². The summed E-state index contributed by atoms with van der Waals surface area (Å²) in [4.78, 5) is 4.40. The van der Waals surface area contributed by atoms with Crippen molar-refractivity contribution < 1.29 is 9.47 Å². The lowest BCUT2D eigenvalue weighted by Gasteiger charge is -2.11. The molecule has 1 N–H and O–H groups in total. The molecule has 0 aliphatic rings. The maximum atomic E-state index is 5.73. The summed E-state index contributed by atoms with van der Waals surface area (Å²) >= 11 is 1.67. The third-order valence-corrected chi connectivity index (χ3v) is 3.48. The first-order chi connectivity index (χ1) is 9.79. The van der Waals surface area contributed by atoms with Crippen LogP contribution in [0.15, 0.2) is 29.6 Å². The molecule has 0 saturated heterocycles. The Morgan fingerprint density at radius 3 is 2.60 bits per heavy atom. The van der Waals surface area contributed by atoms with E-state index in [-0.39, 0.29) is 0 Å². The minimum atomic E-state index is 0.604. The smallest absolute Gasteiger partial charge is 0.161 e. The summed E-state index contributed by atoms with van der Waals surface area (Å²) in [6.45, 7) is 6.78. The molecule has 0 saturated carbocycles. The highest BCUT2D eigenvalue weighted by Crippen LogP contribution is 2.25. The Labute approximate surface area is 123 Å². The van der Waals surface area contributed by atoms with E-state index in [2.05, 4.69) is 15.7 Å². The fraction of sp³-hybridized carbons (Fsp3) is 0.400. The van der Waals surface area contributed by atoms with Crippen molar-refractivity contribution in [1.82, 2.24) is 10.3 Å². The second-order valence-corrected chi connectivity index (χ2v) is 5.33. The van der Waals surface area contributed by atoms with Crippen LogP contribution in [0.1, 0.15) is 17.6 Å². The lowest BCUT2D eigenvalue weighted by atomic mass is 10.3. The molecule has 1 aromatic heterocycles. The number of thiazole rings is 1. The highest BCUT2D eigenvalue weighted by atomic mass is 32.1. The quantitative estimate of drug-likeness (QED) is 0.760. The van der Waals surface area contributed by atoms with E-state index in [0.29, 0.717) is 13.2 Å². The normalized spacial score (nSPS) is 10.5. The third-order valence-electron chi connectivity index (χ3n) is 2.66. The molecule has 0 unspecified atom stereocenters. The maximum Gasteiger partial charge on any atom is 0.161 e. The van der Waals surface area contributed by atoms with Gasteiger partial charge >= 0.3 is 0 Å². The van der Waals surface area contributed by atoms with Gasteiger partial charge in [0, 0.05) is 18.5 Å². The summed E-state index contributed by atoms with van der Waals surface area (Å²) < 4.78 is 11.2. The molecule has 1 aromatic carbocycles. The van der Waals surface area contributed by atoms with E-state index in [9.17, 15) is 0 Å². The van der Waals surface area contributed by atoms with Crippen LogP contribution in [0, 0.1) is 6.92 Å². The van der Waals surface area contributed by atoms with Crippen LogP contribution in [0.3, 0.4) is 0 Å². The fourth-order valence-corrected chi connectivity index (χ4v) is 2.40. The largest absolute Gasteiger partial charge is 0.490 e. The van der Waals surface area contributed by atoms with Crippen molar-refractivity contribution in [2.45, 2.75) is 20.4 Å². The predicted octanol–water partition coefficient (Wildman–Crippen LogP) is 3.02. The van der Waals surface area contributed by atoms with Crippen molar-refractivity contribution >= 4 is 11.3 Å². The first-order valence-electron chi connectivity index (χ1n) is 6.76. The van der Waals surface area contributed by atoms with Gasteiger partial charge in [-0.25, -0.2) is 4.98 Å². The molecular weight excluding hydrogens is 272 g/mol. The molecular formula is C15H20N2O2S. The SMILES string of the molecule is CCOc1ccccc1OCCNCc1csc(C)n1. The Hall–Kier alpha value is -1.59. The molecule has 1 heterocycles. The molecule has 5 heteroatoms. The molecule has 0 atom stereocenters. The Balaban J connectivity index is 1.70. The van der Waals surface area contributed by atoms with Crippen LogP contribution in [0.5, 0.6) is 11.5 Å². The van der Waals surface area contributed by atoms with Gasteiger partial charge in [0.1, 0.15) is 6.61 Å². The maximum absolute atomic E-state index is 5.73. The Morgan fingerprint density at radius 2 is 1.95 bits per heavy atom. The minimum absolute atomic E-state index is 0.604. The van der Waals surface area contributed by atoms with E-state index in [1.807, 2.05) is 38.1 Å². The van der Waals surface area contributed by atoms with Crippen molar-refractivity contribution in [2.75, 3.05) is 19.8 Å². The monoisotopic (exact) mass is 292 g/mol. The Morgan fingerprint density at radius 1 is 1.20 bits per heavy atom. The molecule has 0 aliphatic carbocycles. The van der Waals surface area contributed by atoms with Crippen LogP contribution in [0.4, 0.5) is 0 Å². The van der Waals surface area contributed by atoms with Gasteiger partial charge in [0.15, 0.2) is 11.5 Å². The van der Waals surface area contributed by atoms with E-state index in [0.717, 1.165) is 35.3 Å². The summed E-state index contributed by atoms with van der Waals surface area (Å²) in [5, 5.41) is 6.49. The lowest BCUT2D eigenvalue weighted by Crippen LogP contribution is -2.20. The molecule has 0 amide bonds. The number of benzene rings is 1. The fourth-order valence-electron chi connectivity index (χ4n) is 1.78. The average molecular weight is 292 g/mol. The zero-order valence-electron chi connectivity index (χ0n) is 11.9. The zero-order chi connectivity index (χ0) is 14.2. The number of aromatic nitrogens is 1. The highest BCUT2D eigenvalue weighted by Gasteiger charge is 2.03. The second-order valence-electron chi connectivity index (χ2n) is 4.26. The number of para-hydroxylation sites is 2. The van der Waals surface area contributed by atoms with Gasteiger partial charge in [-0.1, -0.05) is 12.1 Å². The van der Waals surface area contributed by atoms with Crippen LogP contribution in [0.25, 0.3) is 0 Å². The summed E-state index contributed by atoms with van der Waals surface area (Å²) in [6, 6.07) is 7.74. The van der Waals surface area contributed by atoms with Crippen molar-refractivity contribution in [3.8, 4) is 11.5 Å². The molecule has 0 fully saturated rings.